The van der Waals surface area contributed by atoms with Gasteiger partial charge in [0.05, 0.1) is 13.2 Å². The lowest BCUT2D eigenvalue weighted by atomic mass is 9.93. The molecule has 1 aromatic heterocycles. The molecule has 0 aromatic carbocycles. The van der Waals surface area contributed by atoms with Crippen molar-refractivity contribution in [3.8, 4) is 0 Å². The molecule has 1 rings (SSSR count). The molecule has 0 aliphatic heterocycles. The highest BCUT2D eigenvalue weighted by molar-refractivity contribution is 5.98. The molecule has 5 N–H and O–H groups in total. The standard InChI is InChI=1S/C13H24N6O5/c1-4-23-13(15,9-14)10(17-20)12(2,3)24-8-7-18-6-5-16-11(18)19(21)22/h5-6,20H,4,7-9,14-15H2,1-3H3. The van der Waals surface area contributed by atoms with Crippen molar-refractivity contribution in [3.05, 3.63) is 22.5 Å². The zero-order chi connectivity index (χ0) is 18.4. The van der Waals surface area contributed by atoms with Gasteiger partial charge in [-0.15, -0.1) is 0 Å². The molecule has 0 saturated carbocycles. The Bertz CT molecular complexity index is 587. The van der Waals surface area contributed by atoms with Gasteiger partial charge in [0.2, 0.25) is 0 Å². The van der Waals surface area contributed by atoms with Crippen molar-refractivity contribution < 1.29 is 19.6 Å². The predicted octanol–water partition coefficient (Wildman–Crippen LogP) is 0.0669. The summed E-state index contributed by atoms with van der Waals surface area (Å²) in [5.41, 5.74) is 9.14. The zero-order valence-electron chi connectivity index (χ0n) is 14.0. The van der Waals surface area contributed by atoms with E-state index < -0.39 is 16.2 Å². The summed E-state index contributed by atoms with van der Waals surface area (Å²) in [6.07, 6.45) is 2.81. The minimum Gasteiger partial charge on any atom is -0.411 e. The van der Waals surface area contributed by atoms with E-state index in [0.717, 1.165) is 0 Å². The van der Waals surface area contributed by atoms with Gasteiger partial charge in [0.25, 0.3) is 0 Å². The van der Waals surface area contributed by atoms with E-state index in [1.165, 1.54) is 17.0 Å². The van der Waals surface area contributed by atoms with Crippen molar-refractivity contribution >= 4 is 11.7 Å². The number of nitro groups is 1. The Morgan fingerprint density at radius 1 is 1.54 bits per heavy atom. The van der Waals surface area contributed by atoms with Gasteiger partial charge in [0, 0.05) is 13.2 Å². The van der Waals surface area contributed by atoms with Gasteiger partial charge in [-0.25, -0.2) is 4.57 Å². The lowest BCUT2D eigenvalue weighted by molar-refractivity contribution is -0.396. The number of hydrogen-bond donors (Lipinski definition) is 3. The van der Waals surface area contributed by atoms with E-state index in [0.29, 0.717) is 0 Å². The average Bonchev–Trinajstić information content (AvgIpc) is 2.96. The molecule has 1 unspecified atom stereocenters. The topological polar surface area (TPSA) is 164 Å². The van der Waals surface area contributed by atoms with E-state index in [9.17, 15) is 15.3 Å². The second kappa shape index (κ2) is 8.15. The molecule has 1 atom stereocenters. The first kappa shape index (κ1) is 20.0. The number of hydrogen-bond acceptors (Lipinski definition) is 9. The first-order valence-electron chi connectivity index (χ1n) is 7.37. The molecular formula is C13H24N6O5. The first-order chi connectivity index (χ1) is 11.2. The van der Waals surface area contributed by atoms with Crippen molar-refractivity contribution in [2.45, 2.75) is 38.6 Å². The maximum atomic E-state index is 10.8. The van der Waals surface area contributed by atoms with Crippen LogP contribution < -0.4 is 11.5 Å². The number of nitrogens with two attached hydrogens (primary N) is 2. The molecule has 0 fully saturated rings. The monoisotopic (exact) mass is 344 g/mol. The Balaban J connectivity index is 2.80. The minimum atomic E-state index is -1.48. The van der Waals surface area contributed by atoms with Gasteiger partial charge in [-0.05, 0) is 25.7 Å². The molecule has 11 nitrogen and oxygen atoms in total. The maximum Gasteiger partial charge on any atom is 0.434 e. The second-order valence-corrected chi connectivity index (χ2v) is 5.51. The van der Waals surface area contributed by atoms with Gasteiger partial charge in [0.15, 0.2) is 5.72 Å². The SMILES string of the molecule is CCOC(N)(CN)C(=NO)C(C)(C)OCCn1ccnc1[N+](=O)[O-]. The molecule has 0 aliphatic rings. The van der Waals surface area contributed by atoms with Crippen LogP contribution in [0.15, 0.2) is 17.5 Å². The van der Waals surface area contributed by atoms with Crippen molar-refractivity contribution in [1.82, 2.24) is 9.55 Å². The first-order valence-corrected chi connectivity index (χ1v) is 7.37. The van der Waals surface area contributed by atoms with Crippen LogP contribution in [0.5, 0.6) is 0 Å². The summed E-state index contributed by atoms with van der Waals surface area (Å²) >= 11 is 0. The summed E-state index contributed by atoms with van der Waals surface area (Å²) in [7, 11) is 0. The third-order valence-corrected chi connectivity index (χ3v) is 3.43. The van der Waals surface area contributed by atoms with Crippen LogP contribution in [0, 0.1) is 10.1 Å². The number of rotatable bonds is 10. The molecule has 1 aromatic rings. The van der Waals surface area contributed by atoms with Crippen LogP contribution in [0.4, 0.5) is 5.95 Å². The molecule has 0 radical (unpaired) electrons. The van der Waals surface area contributed by atoms with Gasteiger partial charge in [-0.1, -0.05) is 10.1 Å². The molecule has 0 bridgehead atoms. The van der Waals surface area contributed by atoms with Gasteiger partial charge in [-0.2, -0.15) is 0 Å². The van der Waals surface area contributed by atoms with E-state index in [1.54, 1.807) is 20.8 Å². The van der Waals surface area contributed by atoms with Gasteiger partial charge in [-0.3, -0.25) is 5.73 Å². The van der Waals surface area contributed by atoms with Crippen LogP contribution >= 0.6 is 0 Å². The van der Waals surface area contributed by atoms with Crippen molar-refractivity contribution in [2.75, 3.05) is 19.8 Å². The quantitative estimate of drug-likeness (QED) is 0.176. The Morgan fingerprint density at radius 2 is 2.21 bits per heavy atom. The van der Waals surface area contributed by atoms with Crippen LogP contribution in [0.1, 0.15) is 20.8 Å². The summed E-state index contributed by atoms with van der Waals surface area (Å²) in [6, 6.07) is 0. The number of nitrogens with zero attached hydrogens (tertiary/aromatic N) is 4. The fourth-order valence-corrected chi connectivity index (χ4v) is 2.31. The Labute approximate surface area is 139 Å². The highest BCUT2D eigenvalue weighted by Gasteiger charge is 2.42. The summed E-state index contributed by atoms with van der Waals surface area (Å²) in [4.78, 5) is 13.9. The molecular weight excluding hydrogens is 320 g/mol. The lowest BCUT2D eigenvalue weighted by Crippen LogP contribution is -2.63. The number of imidazole rings is 1. The van der Waals surface area contributed by atoms with Crippen LogP contribution in [-0.2, 0) is 16.0 Å². The number of ether oxygens (including phenoxy) is 2. The smallest absolute Gasteiger partial charge is 0.411 e. The lowest BCUT2D eigenvalue weighted by Gasteiger charge is -2.36. The molecule has 24 heavy (non-hydrogen) atoms. The highest BCUT2D eigenvalue weighted by Crippen LogP contribution is 2.21. The van der Waals surface area contributed by atoms with Crippen LogP contribution in [0.3, 0.4) is 0 Å². The maximum absolute atomic E-state index is 10.8. The highest BCUT2D eigenvalue weighted by atomic mass is 16.6. The molecule has 0 saturated heterocycles. The molecule has 0 amide bonds. The molecule has 1 heterocycles. The average molecular weight is 344 g/mol. The van der Waals surface area contributed by atoms with Crippen LogP contribution in [-0.4, -0.2) is 56.5 Å². The summed E-state index contributed by atoms with van der Waals surface area (Å²) in [5.74, 6) is -0.281. The van der Waals surface area contributed by atoms with E-state index in [2.05, 4.69) is 10.1 Å². The normalized spacial score (nSPS) is 15.3. The van der Waals surface area contributed by atoms with Gasteiger partial charge >= 0.3 is 5.95 Å². The van der Waals surface area contributed by atoms with Crippen molar-refractivity contribution in [3.63, 3.8) is 0 Å². The molecule has 136 valence electrons. The predicted molar refractivity (Wildman–Crippen MR) is 85.7 cm³/mol. The second-order valence-electron chi connectivity index (χ2n) is 5.51. The number of aromatic nitrogens is 2. The molecule has 0 spiro atoms. The Hall–Kier alpha value is -2.08. The Morgan fingerprint density at radius 3 is 2.71 bits per heavy atom. The van der Waals surface area contributed by atoms with E-state index in [-0.39, 0.29) is 38.0 Å². The van der Waals surface area contributed by atoms with Gasteiger partial charge < -0.3 is 30.5 Å². The number of oxime groups is 1. The minimum absolute atomic E-state index is 0.0273. The third-order valence-electron chi connectivity index (χ3n) is 3.43. The van der Waals surface area contributed by atoms with Crippen molar-refractivity contribution in [1.29, 1.82) is 0 Å². The fraction of sp³-hybridized carbons (Fsp3) is 0.692. The summed E-state index contributed by atoms with van der Waals surface area (Å²) in [6.45, 7) is 5.45. The molecule has 0 aliphatic carbocycles. The van der Waals surface area contributed by atoms with Crippen LogP contribution in [0.25, 0.3) is 0 Å². The van der Waals surface area contributed by atoms with Crippen molar-refractivity contribution in [2.24, 2.45) is 16.6 Å². The summed E-state index contributed by atoms with van der Waals surface area (Å²) in [5, 5.41) is 23.4. The fourth-order valence-electron chi connectivity index (χ4n) is 2.31. The zero-order valence-corrected chi connectivity index (χ0v) is 14.0. The van der Waals surface area contributed by atoms with E-state index in [1.807, 2.05) is 0 Å². The largest absolute Gasteiger partial charge is 0.434 e. The third kappa shape index (κ3) is 4.47. The Kier molecular flexibility index (Phi) is 6.78. The van der Waals surface area contributed by atoms with E-state index in [4.69, 9.17) is 20.9 Å². The van der Waals surface area contributed by atoms with Gasteiger partial charge in [0.1, 0.15) is 23.7 Å². The summed E-state index contributed by atoms with van der Waals surface area (Å²) < 4.78 is 12.4. The van der Waals surface area contributed by atoms with E-state index >= 15 is 0 Å². The molecule has 11 heteroatoms. The van der Waals surface area contributed by atoms with Crippen LogP contribution in [0.2, 0.25) is 0 Å².